The summed E-state index contributed by atoms with van der Waals surface area (Å²) in [6.45, 7) is -2.98. The molecule has 1 heterocycles. The van der Waals surface area contributed by atoms with Crippen molar-refractivity contribution in [2.24, 2.45) is 5.92 Å². The SMILES string of the molecule is O=CC(c1nccc(Cl)c1OC(F)F)C1CC1. The molecule has 3 nitrogen and oxygen atoms in total. The molecule has 92 valence electrons. The molecule has 0 aliphatic heterocycles. The second-order valence-corrected chi connectivity index (χ2v) is 4.29. The number of rotatable bonds is 5. The predicted molar refractivity (Wildman–Crippen MR) is 57.4 cm³/mol. The summed E-state index contributed by atoms with van der Waals surface area (Å²) in [5.41, 5.74) is 0.204. The molecular weight excluding hydrogens is 252 g/mol. The molecule has 1 aliphatic rings. The highest BCUT2D eigenvalue weighted by Crippen LogP contribution is 2.44. The highest BCUT2D eigenvalue weighted by atomic mass is 35.5. The van der Waals surface area contributed by atoms with Gasteiger partial charge in [-0.2, -0.15) is 8.78 Å². The van der Waals surface area contributed by atoms with Crippen molar-refractivity contribution < 1.29 is 18.3 Å². The molecule has 1 aromatic rings. The lowest BCUT2D eigenvalue weighted by molar-refractivity contribution is -0.109. The number of aldehydes is 1. The Labute approximate surface area is 102 Å². The van der Waals surface area contributed by atoms with Crippen molar-refractivity contribution >= 4 is 17.9 Å². The van der Waals surface area contributed by atoms with Crippen molar-refractivity contribution in [1.29, 1.82) is 0 Å². The molecule has 0 N–H and O–H groups in total. The molecular formula is C11H10ClF2NO2. The largest absolute Gasteiger partial charge is 0.431 e. The number of carbonyl (C=O) groups is 1. The molecule has 6 heteroatoms. The summed E-state index contributed by atoms with van der Waals surface area (Å²) in [5, 5.41) is 0.0443. The minimum atomic E-state index is -2.98. The van der Waals surface area contributed by atoms with Gasteiger partial charge in [0.2, 0.25) is 0 Å². The minimum Gasteiger partial charge on any atom is -0.431 e. The van der Waals surface area contributed by atoms with Crippen LogP contribution in [0.15, 0.2) is 12.3 Å². The summed E-state index contributed by atoms with van der Waals surface area (Å²) >= 11 is 5.79. The quantitative estimate of drug-likeness (QED) is 0.765. The fourth-order valence-electron chi connectivity index (χ4n) is 1.74. The molecule has 0 bridgehead atoms. The van der Waals surface area contributed by atoms with Crippen LogP contribution in [0.1, 0.15) is 24.5 Å². The predicted octanol–water partition coefficient (Wildman–Crippen LogP) is 3.03. The lowest BCUT2D eigenvalue weighted by Crippen LogP contribution is -2.11. The van der Waals surface area contributed by atoms with Crippen molar-refractivity contribution in [3.05, 3.63) is 23.0 Å². The zero-order chi connectivity index (χ0) is 12.4. The van der Waals surface area contributed by atoms with Crippen LogP contribution < -0.4 is 4.74 Å². The van der Waals surface area contributed by atoms with E-state index in [0.29, 0.717) is 6.29 Å². The van der Waals surface area contributed by atoms with Gasteiger partial charge in [0.15, 0.2) is 5.75 Å². The van der Waals surface area contributed by atoms with Gasteiger partial charge < -0.3 is 9.53 Å². The number of ether oxygens (including phenoxy) is 1. The topological polar surface area (TPSA) is 39.2 Å². The Balaban J connectivity index is 2.36. The van der Waals surface area contributed by atoms with Gasteiger partial charge in [-0.15, -0.1) is 0 Å². The first-order valence-electron chi connectivity index (χ1n) is 5.18. The normalized spacial score (nSPS) is 16.9. The third-order valence-electron chi connectivity index (χ3n) is 2.68. The van der Waals surface area contributed by atoms with E-state index in [2.05, 4.69) is 9.72 Å². The molecule has 1 unspecified atom stereocenters. The lowest BCUT2D eigenvalue weighted by Gasteiger charge is -2.15. The third kappa shape index (κ3) is 2.72. The maximum absolute atomic E-state index is 12.3. The van der Waals surface area contributed by atoms with Crippen LogP contribution in [0.2, 0.25) is 5.02 Å². The van der Waals surface area contributed by atoms with Crippen molar-refractivity contribution in [3.8, 4) is 5.75 Å². The molecule has 0 aromatic carbocycles. The molecule has 1 fully saturated rings. The molecule has 1 aromatic heterocycles. The smallest absolute Gasteiger partial charge is 0.387 e. The van der Waals surface area contributed by atoms with Gasteiger partial charge in [-0.25, -0.2) is 0 Å². The Hall–Kier alpha value is -1.23. The van der Waals surface area contributed by atoms with E-state index in [4.69, 9.17) is 11.6 Å². The van der Waals surface area contributed by atoms with Gasteiger partial charge in [-0.05, 0) is 24.8 Å². The van der Waals surface area contributed by atoms with Crippen LogP contribution in [-0.2, 0) is 4.79 Å². The van der Waals surface area contributed by atoms with Crippen LogP contribution in [0.4, 0.5) is 8.78 Å². The van der Waals surface area contributed by atoms with Gasteiger partial charge >= 0.3 is 6.61 Å². The highest BCUT2D eigenvalue weighted by molar-refractivity contribution is 6.32. The van der Waals surface area contributed by atoms with Crippen LogP contribution in [0.25, 0.3) is 0 Å². The summed E-state index contributed by atoms with van der Waals surface area (Å²) in [4.78, 5) is 15.0. The summed E-state index contributed by atoms with van der Waals surface area (Å²) in [6.07, 6.45) is 3.89. The van der Waals surface area contributed by atoms with E-state index in [0.717, 1.165) is 12.8 Å². The minimum absolute atomic E-state index is 0.0443. The number of nitrogens with zero attached hydrogens (tertiary/aromatic N) is 1. The Morgan fingerprint density at radius 1 is 1.53 bits per heavy atom. The van der Waals surface area contributed by atoms with Crippen molar-refractivity contribution in [2.75, 3.05) is 0 Å². The van der Waals surface area contributed by atoms with Gasteiger partial charge in [0.05, 0.1) is 16.6 Å². The zero-order valence-electron chi connectivity index (χ0n) is 8.78. The molecule has 1 atom stereocenters. The van der Waals surface area contributed by atoms with Gasteiger partial charge in [-0.3, -0.25) is 4.98 Å². The zero-order valence-corrected chi connectivity index (χ0v) is 9.53. The monoisotopic (exact) mass is 261 g/mol. The molecule has 0 amide bonds. The summed E-state index contributed by atoms with van der Waals surface area (Å²) in [7, 11) is 0. The van der Waals surface area contributed by atoms with E-state index in [9.17, 15) is 13.6 Å². The average molecular weight is 262 g/mol. The maximum Gasteiger partial charge on any atom is 0.387 e. The number of aromatic nitrogens is 1. The van der Waals surface area contributed by atoms with E-state index >= 15 is 0 Å². The van der Waals surface area contributed by atoms with Crippen LogP contribution in [0.3, 0.4) is 0 Å². The lowest BCUT2D eigenvalue weighted by atomic mass is 10.00. The summed E-state index contributed by atoms with van der Waals surface area (Å²) in [6, 6.07) is 1.36. The van der Waals surface area contributed by atoms with Gasteiger partial charge in [0.1, 0.15) is 6.29 Å². The van der Waals surface area contributed by atoms with Crippen LogP contribution in [-0.4, -0.2) is 17.9 Å². The molecule has 0 spiro atoms. The molecule has 0 saturated heterocycles. The second kappa shape index (κ2) is 4.96. The van der Waals surface area contributed by atoms with E-state index in [1.165, 1.54) is 12.3 Å². The Bertz CT molecular complexity index is 424. The Morgan fingerprint density at radius 3 is 2.76 bits per heavy atom. The van der Waals surface area contributed by atoms with Crippen LogP contribution in [0.5, 0.6) is 5.75 Å². The number of hydrogen-bond acceptors (Lipinski definition) is 3. The van der Waals surface area contributed by atoms with E-state index in [1.807, 2.05) is 0 Å². The number of hydrogen-bond donors (Lipinski definition) is 0. The van der Waals surface area contributed by atoms with Crippen LogP contribution >= 0.6 is 11.6 Å². The van der Waals surface area contributed by atoms with Gasteiger partial charge in [0, 0.05) is 6.20 Å². The van der Waals surface area contributed by atoms with Crippen molar-refractivity contribution in [1.82, 2.24) is 4.98 Å². The Morgan fingerprint density at radius 2 is 2.24 bits per heavy atom. The van der Waals surface area contributed by atoms with Crippen LogP contribution in [0, 0.1) is 5.92 Å². The standard InChI is InChI=1S/C11H10ClF2NO2/c12-8-3-4-15-9(10(8)17-11(13)14)7(5-16)6-1-2-6/h3-7,11H,1-2H2. The highest BCUT2D eigenvalue weighted by Gasteiger charge is 2.35. The average Bonchev–Trinajstić information content (AvgIpc) is 3.07. The van der Waals surface area contributed by atoms with Crippen molar-refractivity contribution in [2.45, 2.75) is 25.4 Å². The fourth-order valence-corrected chi connectivity index (χ4v) is 1.93. The van der Waals surface area contributed by atoms with E-state index in [-0.39, 0.29) is 22.4 Å². The number of pyridine rings is 1. The number of alkyl halides is 2. The molecule has 2 rings (SSSR count). The number of carbonyl (C=O) groups excluding carboxylic acids is 1. The van der Waals surface area contributed by atoms with E-state index in [1.54, 1.807) is 0 Å². The summed E-state index contributed by atoms with van der Waals surface area (Å²) in [5.74, 6) is -0.533. The summed E-state index contributed by atoms with van der Waals surface area (Å²) < 4.78 is 28.9. The first kappa shape index (κ1) is 12.2. The van der Waals surface area contributed by atoms with Gasteiger partial charge in [0.25, 0.3) is 0 Å². The third-order valence-corrected chi connectivity index (χ3v) is 2.98. The maximum atomic E-state index is 12.3. The first-order chi connectivity index (χ1) is 8.13. The van der Waals surface area contributed by atoms with Gasteiger partial charge in [-0.1, -0.05) is 11.6 Å². The fraction of sp³-hybridized carbons (Fsp3) is 0.455. The second-order valence-electron chi connectivity index (χ2n) is 3.88. The Kier molecular flexibility index (Phi) is 3.57. The molecule has 1 saturated carbocycles. The molecule has 17 heavy (non-hydrogen) atoms. The molecule has 0 radical (unpaired) electrons. The van der Waals surface area contributed by atoms with E-state index < -0.39 is 12.5 Å². The number of halogens is 3. The molecule has 1 aliphatic carbocycles. The van der Waals surface area contributed by atoms with Crippen molar-refractivity contribution in [3.63, 3.8) is 0 Å². The first-order valence-corrected chi connectivity index (χ1v) is 5.55.